The number of rotatable bonds is 18. The molecule has 0 saturated heterocycles. The molecular weight excluding hydrogens is 724 g/mol. The number of anilines is 1. The highest BCUT2D eigenvalue weighted by atomic mass is 35.5. The summed E-state index contributed by atoms with van der Waals surface area (Å²) in [7, 11) is 0.954. The Bertz CT molecular complexity index is 1830. The van der Waals surface area contributed by atoms with Gasteiger partial charge in [-0.25, -0.2) is 0 Å². The number of halogens is 9. The fourth-order valence-electron chi connectivity index (χ4n) is 6.94. The summed E-state index contributed by atoms with van der Waals surface area (Å²) in [6, 6.07) is 24.7. The third-order valence-corrected chi connectivity index (χ3v) is 9.94. The van der Waals surface area contributed by atoms with Crippen LogP contribution in [0.25, 0.3) is 6.08 Å². The second-order valence-electron chi connectivity index (χ2n) is 13.5. The van der Waals surface area contributed by atoms with Crippen molar-refractivity contribution >= 4 is 23.4 Å². The highest BCUT2D eigenvalue weighted by Crippen LogP contribution is 2.49. The molecule has 1 aromatic heterocycles. The second kappa shape index (κ2) is 17.5. The van der Waals surface area contributed by atoms with Gasteiger partial charge in [-0.15, -0.1) is 0 Å². The van der Waals surface area contributed by atoms with E-state index in [0.29, 0.717) is 22.5 Å². The minimum atomic E-state index is -6.19. The fourth-order valence-corrected chi connectivity index (χ4v) is 7.17. The lowest BCUT2D eigenvalue weighted by Crippen LogP contribution is -2.36. The molecule has 0 aliphatic heterocycles. The van der Waals surface area contributed by atoms with Crippen LogP contribution in [0.2, 0.25) is 5.02 Å². The van der Waals surface area contributed by atoms with Crippen LogP contribution < -0.4 is 10.6 Å². The normalized spacial score (nSPS) is 14.8. The number of benzene rings is 3. The Kier molecular flexibility index (Phi) is 13.3. The number of unbranched alkanes of at least 4 members (excludes halogenated alkanes) is 7. The van der Waals surface area contributed by atoms with Crippen molar-refractivity contribution in [3.63, 3.8) is 0 Å². The average Bonchev–Trinajstić information content (AvgIpc) is 3.65. The number of hydrogen-bond acceptors (Lipinski definition) is 3. The summed E-state index contributed by atoms with van der Waals surface area (Å²) in [5, 5.41) is 10.8. The zero-order chi connectivity index (χ0) is 38.2. The number of alkyl halides is 8. The molecular formula is C40H43ClF8N4. The predicted octanol–water partition coefficient (Wildman–Crippen LogP) is 11.8. The van der Waals surface area contributed by atoms with Gasteiger partial charge in [0.15, 0.2) is 5.69 Å². The van der Waals surface area contributed by atoms with Gasteiger partial charge < -0.3 is 10.6 Å². The van der Waals surface area contributed by atoms with Crippen molar-refractivity contribution in [2.45, 2.75) is 88.5 Å². The fraction of sp³-hybridized carbons (Fsp3) is 0.425. The van der Waals surface area contributed by atoms with Crippen molar-refractivity contribution in [2.75, 3.05) is 18.4 Å². The number of hydrogen-bond donors (Lipinski definition) is 2. The third kappa shape index (κ3) is 10.0. The molecule has 0 radical (unpaired) electrons. The van der Waals surface area contributed by atoms with Crippen LogP contribution in [0, 0.1) is 0 Å². The summed E-state index contributed by atoms with van der Waals surface area (Å²) in [6.45, 7) is 2.25. The number of aryl methyl sites for hydroxylation is 1. The molecule has 5 rings (SSSR count). The largest absolute Gasteiger partial charge is 0.459 e. The van der Waals surface area contributed by atoms with E-state index in [-0.39, 0.29) is 18.8 Å². The summed E-state index contributed by atoms with van der Waals surface area (Å²) < 4.78 is 108. The maximum atomic E-state index is 13.9. The first-order chi connectivity index (χ1) is 25.2. The van der Waals surface area contributed by atoms with Crippen LogP contribution in [0.3, 0.4) is 0 Å². The first kappa shape index (κ1) is 40.3. The molecule has 2 N–H and O–H groups in total. The molecule has 3 aromatic carbocycles. The van der Waals surface area contributed by atoms with Crippen LogP contribution in [0.4, 0.5) is 40.8 Å². The third-order valence-electron chi connectivity index (χ3n) is 9.60. The minimum Gasteiger partial charge on any atom is -0.385 e. The number of nitrogens with one attached hydrogen (secondary N) is 2. The quantitative estimate of drug-likeness (QED) is 0.0783. The highest BCUT2D eigenvalue weighted by molar-refractivity contribution is 6.31. The maximum Gasteiger partial charge on any atom is 0.459 e. The molecule has 0 spiro atoms. The van der Waals surface area contributed by atoms with Gasteiger partial charge in [0.05, 0.1) is 5.69 Å². The van der Waals surface area contributed by atoms with Gasteiger partial charge in [0.2, 0.25) is 0 Å². The highest BCUT2D eigenvalue weighted by Gasteiger charge is 2.63. The summed E-state index contributed by atoms with van der Waals surface area (Å²) in [4.78, 5) is 0. The van der Waals surface area contributed by atoms with E-state index in [0.717, 1.165) is 70.0 Å². The van der Waals surface area contributed by atoms with Crippen LogP contribution >= 0.6 is 11.6 Å². The molecule has 4 aromatic rings. The van der Waals surface area contributed by atoms with E-state index in [1.807, 2.05) is 36.4 Å². The van der Waals surface area contributed by atoms with Gasteiger partial charge in [-0.2, -0.15) is 40.2 Å². The molecule has 1 unspecified atom stereocenters. The summed E-state index contributed by atoms with van der Waals surface area (Å²) in [6.07, 6.45) is -3.59. The standard InChI is InChI=1S/C40H43ClF8N4/c1-53-34(36(39(44,45)46)37(52-53)38(42,43)40(47,48)49)19-11-6-4-2-3-5-7-14-22-51-30-20-21-33(41)32(24-30)35-29(23-28-17-12-13-18-31(28)35)26-50-25-27-15-9-8-10-16-27/h8-10,12-13,15-18,20-21,23-24,35,50-51H,2-7,11,14,19,22,25-26H2,1H3. The molecule has 0 bridgehead atoms. The van der Waals surface area contributed by atoms with Crippen LogP contribution in [-0.2, 0) is 32.1 Å². The topological polar surface area (TPSA) is 41.9 Å². The summed E-state index contributed by atoms with van der Waals surface area (Å²) >= 11 is 6.81. The lowest BCUT2D eigenvalue weighted by Gasteiger charge is -2.21. The Morgan fingerprint density at radius 2 is 1.38 bits per heavy atom. The van der Waals surface area contributed by atoms with Crippen LogP contribution in [0.1, 0.15) is 96.5 Å². The number of fused-ring (bicyclic) bond motifs is 1. The SMILES string of the molecule is Cn1nc(C(F)(F)C(F)(F)F)c(C(F)(F)F)c1CCCCCCCCCCNc1ccc(Cl)c(C2C(CNCc3ccccc3)=Cc3ccccc32)c1. The maximum absolute atomic E-state index is 13.9. The second-order valence-corrected chi connectivity index (χ2v) is 13.9. The summed E-state index contributed by atoms with van der Waals surface area (Å²) in [5.74, 6) is -5.68. The number of nitrogens with zero attached hydrogens (tertiary/aromatic N) is 2. The molecule has 0 amide bonds. The van der Waals surface area contributed by atoms with Gasteiger partial charge in [0.1, 0.15) is 5.56 Å². The molecule has 1 atom stereocenters. The van der Waals surface area contributed by atoms with Crippen molar-refractivity contribution in [2.24, 2.45) is 7.05 Å². The Morgan fingerprint density at radius 3 is 2.06 bits per heavy atom. The van der Waals surface area contributed by atoms with Crippen LogP contribution in [0.15, 0.2) is 78.4 Å². The predicted molar refractivity (Wildman–Crippen MR) is 193 cm³/mol. The monoisotopic (exact) mass is 766 g/mol. The smallest absolute Gasteiger partial charge is 0.385 e. The van der Waals surface area contributed by atoms with Crippen molar-refractivity contribution in [3.05, 3.63) is 123 Å². The van der Waals surface area contributed by atoms with E-state index >= 15 is 0 Å². The van der Waals surface area contributed by atoms with Crippen LogP contribution in [0.5, 0.6) is 0 Å². The first-order valence-corrected chi connectivity index (χ1v) is 18.2. The molecule has 1 aliphatic carbocycles. The molecule has 0 saturated carbocycles. The summed E-state index contributed by atoms with van der Waals surface area (Å²) in [5.41, 5.74) is 1.97. The Balaban J connectivity index is 1.04. The van der Waals surface area contributed by atoms with Gasteiger partial charge in [-0.1, -0.05) is 111 Å². The van der Waals surface area contributed by atoms with Gasteiger partial charge in [-0.05, 0) is 65.3 Å². The molecule has 53 heavy (non-hydrogen) atoms. The van der Waals surface area contributed by atoms with Gasteiger partial charge in [0.25, 0.3) is 0 Å². The molecule has 13 heteroatoms. The van der Waals surface area contributed by atoms with Crippen molar-refractivity contribution < 1.29 is 35.1 Å². The van der Waals surface area contributed by atoms with E-state index in [2.05, 4.69) is 58.2 Å². The van der Waals surface area contributed by atoms with Crippen molar-refractivity contribution in [1.29, 1.82) is 0 Å². The Hall–Kier alpha value is -3.90. The van der Waals surface area contributed by atoms with E-state index in [4.69, 9.17) is 11.6 Å². The van der Waals surface area contributed by atoms with E-state index < -0.39 is 35.2 Å². The van der Waals surface area contributed by atoms with E-state index in [1.165, 1.54) is 22.3 Å². The zero-order valence-corrected chi connectivity index (χ0v) is 30.1. The molecule has 1 aliphatic rings. The lowest BCUT2D eigenvalue weighted by atomic mass is 9.88. The molecule has 0 fully saturated rings. The first-order valence-electron chi connectivity index (χ1n) is 17.8. The average molecular weight is 767 g/mol. The van der Waals surface area contributed by atoms with Crippen molar-refractivity contribution in [3.8, 4) is 0 Å². The van der Waals surface area contributed by atoms with E-state index in [9.17, 15) is 35.1 Å². The van der Waals surface area contributed by atoms with Gasteiger partial charge in [0, 0.05) is 43.3 Å². The number of aromatic nitrogens is 2. The Labute approximate surface area is 309 Å². The molecule has 1 heterocycles. The van der Waals surface area contributed by atoms with Gasteiger partial charge in [-0.3, -0.25) is 4.68 Å². The van der Waals surface area contributed by atoms with Crippen molar-refractivity contribution in [1.82, 2.24) is 15.1 Å². The molecule has 286 valence electrons. The Morgan fingerprint density at radius 1 is 0.736 bits per heavy atom. The minimum absolute atomic E-state index is 0.0381. The lowest BCUT2D eigenvalue weighted by molar-refractivity contribution is -0.292. The molecule has 4 nitrogen and oxygen atoms in total. The van der Waals surface area contributed by atoms with Crippen LogP contribution in [-0.4, -0.2) is 29.0 Å². The van der Waals surface area contributed by atoms with E-state index in [1.54, 1.807) is 0 Å². The van der Waals surface area contributed by atoms with Gasteiger partial charge >= 0.3 is 18.3 Å². The zero-order valence-electron chi connectivity index (χ0n) is 29.4.